The summed E-state index contributed by atoms with van der Waals surface area (Å²) in [5.41, 5.74) is 1.79. The van der Waals surface area contributed by atoms with E-state index in [9.17, 15) is 22.8 Å². The van der Waals surface area contributed by atoms with E-state index in [1.807, 2.05) is 24.4 Å². The first kappa shape index (κ1) is 17.5. The summed E-state index contributed by atoms with van der Waals surface area (Å²) in [7, 11) is 0. The molecule has 0 unspecified atom stereocenters. The number of carbonyl (C=O) groups excluding carboxylic acids is 2. The second-order valence-corrected chi connectivity index (χ2v) is 5.31. The average molecular weight is 336 g/mol. The van der Waals surface area contributed by atoms with Crippen molar-refractivity contribution in [2.45, 2.75) is 20.3 Å². The third-order valence-corrected chi connectivity index (χ3v) is 3.30. The number of carbonyl (C=O) groups is 2. The van der Waals surface area contributed by atoms with E-state index in [1.54, 1.807) is 13.0 Å². The molecule has 0 radical (unpaired) electrons. The van der Waals surface area contributed by atoms with Gasteiger partial charge in [0.2, 0.25) is 11.8 Å². The molecule has 2 N–H and O–H groups in total. The number of nitrogens with one attached hydrogen (secondary N) is 2. The van der Waals surface area contributed by atoms with Crippen molar-refractivity contribution in [3.63, 3.8) is 0 Å². The van der Waals surface area contributed by atoms with E-state index in [2.05, 4.69) is 5.32 Å². The predicted molar refractivity (Wildman–Crippen MR) is 84.1 cm³/mol. The molecule has 0 aliphatic rings. The largest absolute Gasteiger partial charge is 0.325 e. The van der Waals surface area contributed by atoms with Gasteiger partial charge in [-0.1, -0.05) is 12.1 Å². The van der Waals surface area contributed by atoms with E-state index in [0.717, 1.165) is 17.2 Å². The fraction of sp³-hybridized carbons (Fsp3) is 0.176. The number of anilines is 2. The maximum absolute atomic E-state index is 13.5. The van der Waals surface area contributed by atoms with Gasteiger partial charge >= 0.3 is 0 Å². The molecule has 2 amide bonds. The molecule has 7 heteroatoms. The Labute approximate surface area is 136 Å². The molecule has 0 aromatic heterocycles. The minimum atomic E-state index is -1.69. The molecule has 126 valence electrons. The SMILES string of the molecule is Cc1ccc(C)c(NC(=O)CC(=O)Nc2ccc(F)c(F)c2F)c1. The molecule has 0 fully saturated rings. The van der Waals surface area contributed by atoms with Crippen LogP contribution in [0.25, 0.3) is 0 Å². The highest BCUT2D eigenvalue weighted by Crippen LogP contribution is 2.20. The van der Waals surface area contributed by atoms with Crippen LogP contribution in [0.1, 0.15) is 17.5 Å². The smallest absolute Gasteiger partial charge is 0.233 e. The number of halogens is 3. The number of amides is 2. The van der Waals surface area contributed by atoms with Crippen LogP contribution in [0.2, 0.25) is 0 Å². The van der Waals surface area contributed by atoms with E-state index < -0.39 is 41.4 Å². The minimum absolute atomic E-state index is 0.529. The highest BCUT2D eigenvalue weighted by molar-refractivity contribution is 6.08. The Morgan fingerprint density at radius 2 is 1.50 bits per heavy atom. The third kappa shape index (κ3) is 4.13. The zero-order chi connectivity index (χ0) is 17.9. The van der Waals surface area contributed by atoms with Gasteiger partial charge in [-0.15, -0.1) is 0 Å². The van der Waals surface area contributed by atoms with E-state index in [4.69, 9.17) is 0 Å². The van der Waals surface area contributed by atoms with Gasteiger partial charge < -0.3 is 10.6 Å². The Kier molecular flexibility index (Phi) is 5.23. The van der Waals surface area contributed by atoms with E-state index in [-0.39, 0.29) is 0 Å². The third-order valence-electron chi connectivity index (χ3n) is 3.30. The lowest BCUT2D eigenvalue weighted by Gasteiger charge is -2.10. The van der Waals surface area contributed by atoms with Crippen LogP contribution in [0.3, 0.4) is 0 Å². The summed E-state index contributed by atoms with van der Waals surface area (Å²) in [6.07, 6.45) is -0.591. The molecule has 2 rings (SSSR count). The van der Waals surface area contributed by atoms with Crippen molar-refractivity contribution in [1.29, 1.82) is 0 Å². The van der Waals surface area contributed by atoms with Crippen molar-refractivity contribution in [2.75, 3.05) is 10.6 Å². The number of benzene rings is 2. The van der Waals surface area contributed by atoms with Crippen molar-refractivity contribution in [3.05, 3.63) is 58.9 Å². The lowest BCUT2D eigenvalue weighted by Crippen LogP contribution is -2.22. The number of hydrogen-bond donors (Lipinski definition) is 2. The van der Waals surface area contributed by atoms with Crippen LogP contribution >= 0.6 is 0 Å². The zero-order valence-corrected chi connectivity index (χ0v) is 13.0. The lowest BCUT2D eigenvalue weighted by atomic mass is 10.1. The number of rotatable bonds is 4. The normalized spacial score (nSPS) is 10.4. The minimum Gasteiger partial charge on any atom is -0.325 e. The molecule has 0 saturated heterocycles. The topological polar surface area (TPSA) is 58.2 Å². The summed E-state index contributed by atoms with van der Waals surface area (Å²) >= 11 is 0. The molecule has 4 nitrogen and oxygen atoms in total. The van der Waals surface area contributed by atoms with Crippen LogP contribution in [0.4, 0.5) is 24.5 Å². The van der Waals surface area contributed by atoms with Gasteiger partial charge in [0.05, 0.1) is 5.69 Å². The van der Waals surface area contributed by atoms with Gasteiger partial charge in [-0.2, -0.15) is 0 Å². The van der Waals surface area contributed by atoms with E-state index >= 15 is 0 Å². The summed E-state index contributed by atoms with van der Waals surface area (Å²) in [5, 5.41) is 4.61. The first-order valence-electron chi connectivity index (χ1n) is 7.08. The van der Waals surface area contributed by atoms with Gasteiger partial charge in [-0.25, -0.2) is 13.2 Å². The highest BCUT2D eigenvalue weighted by Gasteiger charge is 2.17. The molecule has 0 saturated carbocycles. The second-order valence-electron chi connectivity index (χ2n) is 5.31. The standard InChI is InChI=1S/C17H15F3N2O2/c1-9-3-4-10(2)13(7-9)22-15(24)8-14(23)21-12-6-5-11(18)16(19)17(12)20/h3-7H,8H2,1-2H3,(H,21,23)(H,22,24). The summed E-state index contributed by atoms with van der Waals surface area (Å²) in [6.45, 7) is 3.65. The fourth-order valence-corrected chi connectivity index (χ4v) is 2.03. The Hall–Kier alpha value is -2.83. The Morgan fingerprint density at radius 1 is 0.875 bits per heavy atom. The summed E-state index contributed by atoms with van der Waals surface area (Å²) in [4.78, 5) is 23.6. The van der Waals surface area contributed by atoms with Gasteiger partial charge in [-0.05, 0) is 43.2 Å². The van der Waals surface area contributed by atoms with E-state index in [1.165, 1.54) is 0 Å². The van der Waals surface area contributed by atoms with Gasteiger partial charge in [0.15, 0.2) is 17.5 Å². The van der Waals surface area contributed by atoms with Crippen LogP contribution < -0.4 is 10.6 Å². The summed E-state index contributed by atoms with van der Waals surface area (Å²) in [6, 6.07) is 7.02. The number of hydrogen-bond acceptors (Lipinski definition) is 2. The average Bonchev–Trinajstić information content (AvgIpc) is 2.51. The molecule has 0 atom stereocenters. The first-order chi connectivity index (χ1) is 11.3. The van der Waals surface area contributed by atoms with Gasteiger partial charge in [0.25, 0.3) is 0 Å². The maximum Gasteiger partial charge on any atom is 0.233 e. The van der Waals surface area contributed by atoms with Crippen molar-refractivity contribution in [2.24, 2.45) is 0 Å². The molecular weight excluding hydrogens is 321 g/mol. The molecule has 2 aromatic rings. The van der Waals surface area contributed by atoms with Crippen LogP contribution in [0, 0.1) is 31.3 Å². The van der Waals surface area contributed by atoms with Crippen LogP contribution in [-0.4, -0.2) is 11.8 Å². The van der Waals surface area contributed by atoms with Gasteiger partial charge in [0.1, 0.15) is 6.42 Å². The van der Waals surface area contributed by atoms with Crippen molar-refractivity contribution in [1.82, 2.24) is 0 Å². The summed E-state index contributed by atoms with van der Waals surface area (Å²) in [5.74, 6) is -6.02. The Bertz CT molecular complexity index is 807. The second kappa shape index (κ2) is 7.16. The molecule has 0 bridgehead atoms. The van der Waals surface area contributed by atoms with Gasteiger partial charge in [0, 0.05) is 5.69 Å². The maximum atomic E-state index is 13.5. The molecule has 24 heavy (non-hydrogen) atoms. The van der Waals surface area contributed by atoms with Crippen molar-refractivity contribution >= 4 is 23.2 Å². The van der Waals surface area contributed by atoms with Crippen molar-refractivity contribution in [3.8, 4) is 0 Å². The molecular formula is C17H15F3N2O2. The summed E-state index contributed by atoms with van der Waals surface area (Å²) < 4.78 is 39.4. The molecule has 0 aliphatic carbocycles. The predicted octanol–water partition coefficient (Wildman–Crippen LogP) is 3.69. The van der Waals surface area contributed by atoms with Crippen LogP contribution in [-0.2, 0) is 9.59 Å². The van der Waals surface area contributed by atoms with Gasteiger partial charge in [-0.3, -0.25) is 9.59 Å². The Morgan fingerprint density at radius 3 is 2.17 bits per heavy atom. The first-order valence-corrected chi connectivity index (χ1v) is 7.08. The molecule has 0 heterocycles. The van der Waals surface area contributed by atoms with E-state index in [0.29, 0.717) is 11.8 Å². The highest BCUT2D eigenvalue weighted by atomic mass is 19.2. The molecule has 2 aromatic carbocycles. The quantitative estimate of drug-likeness (QED) is 0.661. The molecule has 0 spiro atoms. The Balaban J connectivity index is 2.01. The number of aryl methyl sites for hydroxylation is 2. The van der Waals surface area contributed by atoms with Crippen LogP contribution in [0.5, 0.6) is 0 Å². The molecule has 0 aliphatic heterocycles. The lowest BCUT2D eigenvalue weighted by molar-refractivity contribution is -0.123. The fourth-order valence-electron chi connectivity index (χ4n) is 2.03. The zero-order valence-electron chi connectivity index (χ0n) is 13.0. The van der Waals surface area contributed by atoms with Crippen LogP contribution in [0.15, 0.2) is 30.3 Å². The monoisotopic (exact) mass is 336 g/mol. The van der Waals surface area contributed by atoms with Crippen molar-refractivity contribution < 1.29 is 22.8 Å².